The Morgan fingerprint density at radius 1 is 1.33 bits per heavy atom. The molecule has 1 atom stereocenters. The molecule has 0 aromatic rings. The van der Waals surface area contributed by atoms with Crippen LogP contribution in [0, 0.1) is 0 Å². The molecule has 1 aliphatic rings. The van der Waals surface area contributed by atoms with Gasteiger partial charge in [-0.05, 0) is 50.8 Å². The van der Waals surface area contributed by atoms with Crippen LogP contribution in [0.1, 0.15) is 45.4 Å². The molecule has 0 spiro atoms. The maximum Gasteiger partial charge on any atom is 0.188 e. The van der Waals surface area contributed by atoms with E-state index in [1.54, 1.807) is 0 Å². The largest absolute Gasteiger partial charge is 0.370 e. The molecule has 1 fully saturated rings. The first kappa shape index (κ1) is 21.3. The monoisotopic (exact) mass is 428 g/mol. The van der Waals surface area contributed by atoms with Gasteiger partial charge in [-0.2, -0.15) is 11.8 Å². The van der Waals surface area contributed by atoms with E-state index in [0.717, 1.165) is 19.6 Å². The van der Waals surface area contributed by atoms with Gasteiger partial charge in [0.25, 0.3) is 0 Å². The Labute approximate surface area is 152 Å². The Kier molecular flexibility index (Phi) is 14.1. The molecule has 0 aromatic carbocycles. The molecular formula is C15H33IN4S. The topological polar surface area (TPSA) is 53.6 Å². The molecule has 4 nitrogen and oxygen atoms in total. The summed E-state index contributed by atoms with van der Waals surface area (Å²) in [5, 5.41) is 3.23. The van der Waals surface area contributed by atoms with Crippen LogP contribution in [0.2, 0.25) is 0 Å². The fraction of sp³-hybridized carbons (Fsp3) is 0.933. The second kappa shape index (κ2) is 13.9. The lowest BCUT2D eigenvalue weighted by atomic mass is 10.2. The summed E-state index contributed by atoms with van der Waals surface area (Å²) in [6.45, 7) is 6.38. The summed E-state index contributed by atoms with van der Waals surface area (Å²) in [6, 6.07) is 0.604. The molecule has 0 radical (unpaired) electrons. The number of nitrogens with zero attached hydrogens (tertiary/aromatic N) is 2. The Balaban J connectivity index is 0.00000400. The number of thioether (sulfide) groups is 1. The standard InChI is InChI=1S/C15H32N4S.HI/c1-3-19-11-8-9-14(19)13-18-15(16)17-10-6-4-5-7-12-20-2;/h14H,3-13H2,1-2H3,(H3,16,17,18);1H. The number of nitrogens with two attached hydrogens (primary N) is 1. The summed E-state index contributed by atoms with van der Waals surface area (Å²) in [4.78, 5) is 6.99. The number of halogens is 1. The van der Waals surface area contributed by atoms with Gasteiger partial charge in [-0.15, -0.1) is 24.0 Å². The molecule has 6 heteroatoms. The number of hydrogen-bond donors (Lipinski definition) is 2. The molecule has 1 saturated heterocycles. The third-order valence-corrected chi connectivity index (χ3v) is 4.66. The first-order valence-electron chi connectivity index (χ1n) is 8.04. The minimum Gasteiger partial charge on any atom is -0.370 e. The van der Waals surface area contributed by atoms with E-state index >= 15 is 0 Å². The van der Waals surface area contributed by atoms with Crippen LogP contribution >= 0.6 is 35.7 Å². The van der Waals surface area contributed by atoms with Gasteiger partial charge in [0.1, 0.15) is 0 Å². The van der Waals surface area contributed by atoms with Crippen LogP contribution in [0.3, 0.4) is 0 Å². The maximum atomic E-state index is 5.92. The van der Waals surface area contributed by atoms with Crippen LogP contribution in [-0.2, 0) is 0 Å². The summed E-state index contributed by atoms with van der Waals surface area (Å²) in [5.74, 6) is 1.91. The summed E-state index contributed by atoms with van der Waals surface area (Å²) in [5.41, 5.74) is 5.92. The van der Waals surface area contributed by atoms with Gasteiger partial charge in [-0.1, -0.05) is 19.8 Å². The molecule has 0 aliphatic carbocycles. The van der Waals surface area contributed by atoms with E-state index in [-0.39, 0.29) is 24.0 Å². The van der Waals surface area contributed by atoms with Crippen molar-refractivity contribution in [3.05, 3.63) is 0 Å². The van der Waals surface area contributed by atoms with Crippen LogP contribution in [0.4, 0.5) is 0 Å². The molecule has 21 heavy (non-hydrogen) atoms. The SMILES string of the molecule is CCN1CCCC1CN=C(N)NCCCCCCSC.I. The molecule has 3 N–H and O–H groups in total. The van der Waals surface area contributed by atoms with Crippen LogP contribution in [-0.4, -0.2) is 55.1 Å². The predicted molar refractivity (Wildman–Crippen MR) is 107 cm³/mol. The van der Waals surface area contributed by atoms with Gasteiger partial charge in [0, 0.05) is 12.6 Å². The van der Waals surface area contributed by atoms with Crippen molar-refractivity contribution in [3.63, 3.8) is 0 Å². The number of likely N-dealkylation sites (N-methyl/N-ethyl adjacent to an activating group) is 1. The van der Waals surface area contributed by atoms with Gasteiger partial charge in [-0.3, -0.25) is 9.89 Å². The Morgan fingerprint density at radius 3 is 2.81 bits per heavy atom. The van der Waals surface area contributed by atoms with E-state index in [9.17, 15) is 0 Å². The van der Waals surface area contributed by atoms with Gasteiger partial charge in [0.15, 0.2) is 5.96 Å². The molecule has 126 valence electrons. The van der Waals surface area contributed by atoms with Crippen molar-refractivity contribution in [2.75, 3.05) is 38.2 Å². The van der Waals surface area contributed by atoms with E-state index < -0.39 is 0 Å². The van der Waals surface area contributed by atoms with E-state index in [1.807, 2.05) is 11.8 Å². The van der Waals surface area contributed by atoms with Gasteiger partial charge in [-0.25, -0.2) is 0 Å². The number of rotatable bonds is 10. The lowest BCUT2D eigenvalue weighted by Gasteiger charge is -2.20. The van der Waals surface area contributed by atoms with Crippen molar-refractivity contribution in [3.8, 4) is 0 Å². The average Bonchev–Trinajstić information content (AvgIpc) is 2.91. The first-order chi connectivity index (χ1) is 9.77. The quantitative estimate of drug-likeness (QED) is 0.243. The van der Waals surface area contributed by atoms with Gasteiger partial charge in [0.2, 0.25) is 0 Å². The van der Waals surface area contributed by atoms with Gasteiger partial charge < -0.3 is 11.1 Å². The van der Waals surface area contributed by atoms with Crippen molar-refractivity contribution < 1.29 is 0 Å². The predicted octanol–water partition coefficient (Wildman–Crippen LogP) is 2.92. The van der Waals surface area contributed by atoms with Crippen LogP contribution < -0.4 is 11.1 Å². The summed E-state index contributed by atoms with van der Waals surface area (Å²) in [6.07, 6.45) is 9.87. The van der Waals surface area contributed by atoms with Crippen LogP contribution in [0.5, 0.6) is 0 Å². The molecule has 0 amide bonds. The van der Waals surface area contributed by atoms with Crippen molar-refractivity contribution >= 4 is 41.7 Å². The lowest BCUT2D eigenvalue weighted by molar-refractivity contribution is 0.273. The number of likely N-dealkylation sites (tertiary alicyclic amines) is 1. The highest BCUT2D eigenvalue weighted by molar-refractivity contribution is 14.0. The molecule has 0 saturated carbocycles. The molecule has 0 bridgehead atoms. The number of guanidine groups is 1. The molecular weight excluding hydrogens is 395 g/mol. The fourth-order valence-electron chi connectivity index (χ4n) is 2.72. The molecule has 1 aliphatic heterocycles. The normalized spacial score (nSPS) is 19.5. The minimum atomic E-state index is 0. The van der Waals surface area contributed by atoms with Crippen LogP contribution in [0.15, 0.2) is 4.99 Å². The van der Waals surface area contributed by atoms with Crippen LogP contribution in [0.25, 0.3) is 0 Å². The second-order valence-electron chi connectivity index (χ2n) is 5.48. The highest BCUT2D eigenvalue weighted by Crippen LogP contribution is 2.16. The second-order valence-corrected chi connectivity index (χ2v) is 6.47. The maximum absolute atomic E-state index is 5.92. The zero-order valence-corrected chi connectivity index (χ0v) is 16.8. The summed E-state index contributed by atoms with van der Waals surface area (Å²) < 4.78 is 0. The number of nitrogens with one attached hydrogen (secondary N) is 1. The van der Waals surface area contributed by atoms with Crippen molar-refractivity contribution in [1.29, 1.82) is 0 Å². The molecule has 0 aromatic heterocycles. The fourth-order valence-corrected chi connectivity index (χ4v) is 3.21. The molecule has 1 heterocycles. The smallest absolute Gasteiger partial charge is 0.188 e. The number of unbranched alkanes of at least 4 members (excludes halogenated alkanes) is 3. The van der Waals surface area contributed by atoms with Crippen molar-refractivity contribution in [2.24, 2.45) is 10.7 Å². The highest BCUT2D eigenvalue weighted by Gasteiger charge is 2.22. The molecule has 1 unspecified atom stereocenters. The average molecular weight is 428 g/mol. The Morgan fingerprint density at radius 2 is 2.10 bits per heavy atom. The van der Waals surface area contributed by atoms with Crippen molar-refractivity contribution in [1.82, 2.24) is 10.2 Å². The van der Waals surface area contributed by atoms with E-state index in [4.69, 9.17) is 5.73 Å². The summed E-state index contributed by atoms with van der Waals surface area (Å²) in [7, 11) is 0. The zero-order valence-electron chi connectivity index (χ0n) is 13.6. The Hall–Kier alpha value is 0.310. The number of aliphatic imine (C=N–C) groups is 1. The minimum absolute atomic E-state index is 0. The third kappa shape index (κ3) is 9.84. The lowest BCUT2D eigenvalue weighted by Crippen LogP contribution is -2.36. The zero-order chi connectivity index (χ0) is 14.6. The van der Waals surface area contributed by atoms with Gasteiger partial charge in [0.05, 0.1) is 6.54 Å². The number of hydrogen-bond acceptors (Lipinski definition) is 3. The van der Waals surface area contributed by atoms with E-state index in [1.165, 1.54) is 50.8 Å². The van der Waals surface area contributed by atoms with E-state index in [2.05, 4.69) is 28.4 Å². The third-order valence-electron chi connectivity index (χ3n) is 3.96. The van der Waals surface area contributed by atoms with Crippen molar-refractivity contribution in [2.45, 2.75) is 51.5 Å². The van der Waals surface area contributed by atoms with E-state index in [0.29, 0.717) is 12.0 Å². The van der Waals surface area contributed by atoms with Gasteiger partial charge >= 0.3 is 0 Å². The Bertz CT molecular complexity index is 276. The molecule has 1 rings (SSSR count). The first-order valence-corrected chi connectivity index (χ1v) is 9.44. The highest BCUT2D eigenvalue weighted by atomic mass is 127. The summed E-state index contributed by atoms with van der Waals surface area (Å²) >= 11 is 1.93.